The molecule has 0 atom stereocenters. The second-order valence-electron chi connectivity index (χ2n) is 7.17. The molecule has 0 saturated heterocycles. The van der Waals surface area contributed by atoms with Crippen molar-refractivity contribution in [3.63, 3.8) is 0 Å². The molecule has 0 saturated carbocycles. The molecule has 31 heavy (non-hydrogen) atoms. The van der Waals surface area contributed by atoms with Gasteiger partial charge < -0.3 is 14.8 Å². The smallest absolute Gasteiger partial charge is 0.273 e. The molecule has 8 nitrogen and oxygen atoms in total. The SMILES string of the molecule is CCOCCOc1ccccc1C(=O)NNC(=O)c1ccc(NC(=O)CC(C)C)cc1. The maximum Gasteiger partial charge on any atom is 0.273 e. The third-order valence-corrected chi connectivity index (χ3v) is 4.14. The van der Waals surface area contributed by atoms with Crippen molar-refractivity contribution in [3.8, 4) is 5.75 Å². The van der Waals surface area contributed by atoms with Crippen LogP contribution in [-0.2, 0) is 9.53 Å². The zero-order valence-corrected chi connectivity index (χ0v) is 18.1. The predicted molar refractivity (Wildman–Crippen MR) is 118 cm³/mol. The van der Waals surface area contributed by atoms with Gasteiger partial charge >= 0.3 is 0 Å². The molecule has 0 aromatic heterocycles. The molecule has 2 rings (SSSR count). The van der Waals surface area contributed by atoms with Crippen LogP contribution in [0, 0.1) is 5.92 Å². The largest absolute Gasteiger partial charge is 0.490 e. The van der Waals surface area contributed by atoms with Gasteiger partial charge in [0.2, 0.25) is 5.91 Å². The topological polar surface area (TPSA) is 106 Å². The van der Waals surface area contributed by atoms with E-state index in [4.69, 9.17) is 9.47 Å². The van der Waals surface area contributed by atoms with Gasteiger partial charge in [-0.1, -0.05) is 26.0 Å². The summed E-state index contributed by atoms with van der Waals surface area (Å²) in [6.07, 6.45) is 0.422. The number of carbonyl (C=O) groups is 3. The van der Waals surface area contributed by atoms with E-state index in [1.165, 1.54) is 0 Å². The molecule has 8 heteroatoms. The van der Waals surface area contributed by atoms with Gasteiger partial charge in [-0.25, -0.2) is 0 Å². The van der Waals surface area contributed by atoms with Gasteiger partial charge in [-0.15, -0.1) is 0 Å². The number of rotatable bonds is 10. The number of benzene rings is 2. The van der Waals surface area contributed by atoms with Crippen molar-refractivity contribution in [2.45, 2.75) is 27.2 Å². The lowest BCUT2D eigenvalue weighted by Gasteiger charge is -2.12. The Morgan fingerprint density at radius 1 is 0.903 bits per heavy atom. The van der Waals surface area contributed by atoms with Crippen LogP contribution >= 0.6 is 0 Å². The first-order valence-corrected chi connectivity index (χ1v) is 10.2. The molecule has 2 aromatic rings. The van der Waals surface area contributed by atoms with Gasteiger partial charge in [0, 0.05) is 24.3 Å². The van der Waals surface area contributed by atoms with Crippen molar-refractivity contribution in [2.75, 3.05) is 25.1 Å². The number of hydrogen-bond donors (Lipinski definition) is 3. The minimum Gasteiger partial charge on any atom is -0.490 e. The van der Waals surface area contributed by atoms with Gasteiger partial charge in [-0.2, -0.15) is 0 Å². The van der Waals surface area contributed by atoms with Gasteiger partial charge in [-0.3, -0.25) is 25.2 Å². The lowest BCUT2D eigenvalue weighted by Crippen LogP contribution is -2.41. The van der Waals surface area contributed by atoms with Crippen LogP contribution in [0.1, 0.15) is 47.9 Å². The molecule has 166 valence electrons. The molecule has 0 aliphatic carbocycles. The van der Waals surface area contributed by atoms with Gasteiger partial charge in [0.15, 0.2) is 0 Å². The third kappa shape index (κ3) is 8.10. The molecule has 3 N–H and O–H groups in total. The Bertz CT molecular complexity index is 881. The molecule has 0 spiro atoms. The van der Waals surface area contributed by atoms with Crippen LogP contribution in [-0.4, -0.2) is 37.5 Å². The Labute approximate surface area is 182 Å². The summed E-state index contributed by atoms with van der Waals surface area (Å²) < 4.78 is 10.8. The van der Waals surface area contributed by atoms with Crippen LogP contribution in [0.5, 0.6) is 5.75 Å². The van der Waals surface area contributed by atoms with E-state index in [1.807, 2.05) is 20.8 Å². The minimum atomic E-state index is -0.502. The fraction of sp³-hybridized carbons (Fsp3) is 0.348. The summed E-state index contributed by atoms with van der Waals surface area (Å²) in [5.74, 6) is -0.410. The molecule has 0 aliphatic rings. The van der Waals surface area contributed by atoms with E-state index in [0.29, 0.717) is 48.8 Å². The summed E-state index contributed by atoms with van der Waals surface area (Å²) in [5.41, 5.74) is 6.00. The number of ether oxygens (including phenoxy) is 2. The fourth-order valence-corrected chi connectivity index (χ4v) is 2.68. The van der Waals surface area contributed by atoms with Crippen molar-refractivity contribution in [1.82, 2.24) is 10.9 Å². The van der Waals surface area contributed by atoms with Crippen LogP contribution in [0.2, 0.25) is 0 Å². The number of amides is 3. The second kappa shape index (κ2) is 12.3. The highest BCUT2D eigenvalue weighted by Gasteiger charge is 2.14. The van der Waals surface area contributed by atoms with Crippen LogP contribution < -0.4 is 20.9 Å². The zero-order valence-electron chi connectivity index (χ0n) is 18.1. The average Bonchev–Trinajstić information content (AvgIpc) is 2.75. The fourth-order valence-electron chi connectivity index (χ4n) is 2.68. The first kappa shape index (κ1) is 23.9. The first-order valence-electron chi connectivity index (χ1n) is 10.2. The highest BCUT2D eigenvalue weighted by atomic mass is 16.5. The Morgan fingerprint density at radius 2 is 1.58 bits per heavy atom. The minimum absolute atomic E-state index is 0.0818. The molecule has 3 amide bonds. The zero-order chi connectivity index (χ0) is 22.6. The third-order valence-electron chi connectivity index (χ3n) is 4.14. The van der Waals surface area contributed by atoms with E-state index in [2.05, 4.69) is 16.2 Å². The van der Waals surface area contributed by atoms with Crippen molar-refractivity contribution in [1.29, 1.82) is 0 Å². The van der Waals surface area contributed by atoms with E-state index in [0.717, 1.165) is 0 Å². The van der Waals surface area contributed by atoms with E-state index < -0.39 is 11.8 Å². The molecular formula is C23H29N3O5. The average molecular weight is 428 g/mol. The molecular weight excluding hydrogens is 398 g/mol. The number of hydrazine groups is 1. The van der Waals surface area contributed by atoms with E-state index >= 15 is 0 Å². The van der Waals surface area contributed by atoms with Crippen LogP contribution in [0.25, 0.3) is 0 Å². The van der Waals surface area contributed by atoms with Gasteiger partial charge in [-0.05, 0) is 49.2 Å². The predicted octanol–water partition coefficient (Wildman–Crippen LogP) is 3.16. The molecule has 2 aromatic carbocycles. The van der Waals surface area contributed by atoms with Gasteiger partial charge in [0.1, 0.15) is 12.4 Å². The van der Waals surface area contributed by atoms with Crippen molar-refractivity contribution >= 4 is 23.4 Å². The van der Waals surface area contributed by atoms with Crippen LogP contribution in [0.15, 0.2) is 48.5 Å². The highest BCUT2D eigenvalue weighted by Crippen LogP contribution is 2.17. The summed E-state index contributed by atoms with van der Waals surface area (Å²) >= 11 is 0. The van der Waals surface area contributed by atoms with E-state index in [-0.39, 0.29) is 11.8 Å². The summed E-state index contributed by atoms with van der Waals surface area (Å²) in [7, 11) is 0. The molecule has 0 aliphatic heterocycles. The van der Waals surface area contributed by atoms with E-state index in [1.54, 1.807) is 48.5 Å². The molecule has 0 unspecified atom stereocenters. The van der Waals surface area contributed by atoms with Crippen molar-refractivity contribution in [3.05, 3.63) is 59.7 Å². The number of carbonyl (C=O) groups excluding carboxylic acids is 3. The maximum absolute atomic E-state index is 12.5. The first-order chi connectivity index (χ1) is 14.9. The monoisotopic (exact) mass is 427 g/mol. The van der Waals surface area contributed by atoms with E-state index in [9.17, 15) is 14.4 Å². The Hall–Kier alpha value is -3.39. The second-order valence-corrected chi connectivity index (χ2v) is 7.17. The van der Waals surface area contributed by atoms with Crippen molar-refractivity contribution < 1.29 is 23.9 Å². The Kier molecular flexibility index (Phi) is 9.51. The number of nitrogens with one attached hydrogen (secondary N) is 3. The highest BCUT2D eigenvalue weighted by molar-refractivity contribution is 6.00. The number of hydrogen-bond acceptors (Lipinski definition) is 5. The van der Waals surface area contributed by atoms with Gasteiger partial charge in [0.25, 0.3) is 11.8 Å². The lowest BCUT2D eigenvalue weighted by atomic mass is 10.1. The summed E-state index contributed by atoms with van der Waals surface area (Å²) in [6, 6.07) is 13.1. The Morgan fingerprint density at radius 3 is 2.26 bits per heavy atom. The van der Waals surface area contributed by atoms with Crippen LogP contribution in [0.4, 0.5) is 5.69 Å². The normalized spacial score (nSPS) is 10.5. The summed E-state index contributed by atoms with van der Waals surface area (Å²) in [4.78, 5) is 36.6. The maximum atomic E-state index is 12.5. The lowest BCUT2D eigenvalue weighted by molar-refractivity contribution is -0.116. The standard InChI is InChI=1S/C23H29N3O5/c1-4-30-13-14-31-20-8-6-5-7-19(20)23(29)26-25-22(28)17-9-11-18(12-10-17)24-21(27)15-16(2)3/h5-12,16H,4,13-15H2,1-3H3,(H,24,27)(H,25,28)(H,26,29). The molecule has 0 radical (unpaired) electrons. The Balaban J connectivity index is 1.89. The van der Waals surface area contributed by atoms with Crippen molar-refractivity contribution in [2.24, 2.45) is 5.92 Å². The number of anilines is 1. The molecule has 0 bridgehead atoms. The van der Waals surface area contributed by atoms with Gasteiger partial charge in [0.05, 0.1) is 12.2 Å². The summed E-state index contributed by atoms with van der Waals surface area (Å²) in [5, 5.41) is 2.78. The van der Waals surface area contributed by atoms with Crippen LogP contribution in [0.3, 0.4) is 0 Å². The molecule has 0 heterocycles. The number of para-hydroxylation sites is 1. The summed E-state index contributed by atoms with van der Waals surface area (Å²) in [6.45, 7) is 7.13. The molecule has 0 fully saturated rings. The quantitative estimate of drug-likeness (QED) is 0.399.